The summed E-state index contributed by atoms with van der Waals surface area (Å²) in [6, 6.07) is 1.47. The number of anilines is 1. The van der Waals surface area contributed by atoms with Crippen LogP contribution in [0, 0.1) is 11.6 Å². The van der Waals surface area contributed by atoms with Crippen LogP contribution in [0.1, 0.15) is 24.2 Å². The van der Waals surface area contributed by atoms with Gasteiger partial charge in [-0.25, -0.2) is 13.6 Å². The van der Waals surface area contributed by atoms with Gasteiger partial charge >= 0.3 is 5.97 Å². The second kappa shape index (κ2) is 4.25. The van der Waals surface area contributed by atoms with Gasteiger partial charge in [-0.2, -0.15) is 0 Å². The smallest absolute Gasteiger partial charge is 0.343 e. The molecule has 0 fully saturated rings. The Balaban J connectivity index is 3.09. The molecule has 0 aliphatic rings. The maximum Gasteiger partial charge on any atom is 0.343 e. The topological polar surface area (TPSA) is 52.3 Å². The highest BCUT2D eigenvalue weighted by atomic mass is 19.1. The zero-order valence-corrected chi connectivity index (χ0v) is 8.38. The molecule has 0 aliphatic carbocycles. The van der Waals surface area contributed by atoms with Crippen LogP contribution in [-0.4, -0.2) is 12.1 Å². The van der Waals surface area contributed by atoms with Gasteiger partial charge in [-0.15, -0.1) is 0 Å². The zero-order valence-electron chi connectivity index (χ0n) is 8.38. The maximum atomic E-state index is 13.2. The van der Waals surface area contributed by atoms with E-state index in [0.717, 1.165) is 6.07 Å². The molecule has 2 N–H and O–H groups in total. The van der Waals surface area contributed by atoms with Gasteiger partial charge in [-0.3, -0.25) is 0 Å². The van der Waals surface area contributed by atoms with Crippen LogP contribution in [0.15, 0.2) is 12.1 Å². The molecule has 82 valence electrons. The van der Waals surface area contributed by atoms with Crippen molar-refractivity contribution in [1.82, 2.24) is 0 Å². The van der Waals surface area contributed by atoms with Crippen LogP contribution < -0.4 is 5.73 Å². The summed E-state index contributed by atoms with van der Waals surface area (Å²) in [4.78, 5) is 11.3. The predicted molar refractivity (Wildman–Crippen MR) is 51.3 cm³/mol. The van der Waals surface area contributed by atoms with Crippen LogP contribution >= 0.6 is 0 Å². The van der Waals surface area contributed by atoms with Gasteiger partial charge < -0.3 is 10.5 Å². The van der Waals surface area contributed by atoms with E-state index in [0.29, 0.717) is 6.07 Å². The number of esters is 1. The Bertz CT molecular complexity index is 368. The molecular weight excluding hydrogens is 204 g/mol. The van der Waals surface area contributed by atoms with Gasteiger partial charge in [0.05, 0.1) is 11.8 Å². The number of halogens is 2. The maximum absolute atomic E-state index is 13.2. The first-order chi connectivity index (χ1) is 6.91. The third-order valence-corrected chi connectivity index (χ3v) is 1.63. The van der Waals surface area contributed by atoms with E-state index in [2.05, 4.69) is 0 Å². The van der Waals surface area contributed by atoms with Crippen molar-refractivity contribution in [2.45, 2.75) is 20.0 Å². The average molecular weight is 215 g/mol. The van der Waals surface area contributed by atoms with E-state index >= 15 is 0 Å². The highest BCUT2D eigenvalue weighted by molar-refractivity contribution is 5.95. The van der Waals surface area contributed by atoms with Crippen molar-refractivity contribution in [2.75, 3.05) is 5.73 Å². The molecular formula is C10H11F2NO2. The van der Waals surface area contributed by atoms with Crippen molar-refractivity contribution in [1.29, 1.82) is 0 Å². The van der Waals surface area contributed by atoms with E-state index in [-0.39, 0.29) is 11.8 Å². The first-order valence-corrected chi connectivity index (χ1v) is 4.37. The molecule has 0 saturated carbocycles. The number of hydrogen-bond donors (Lipinski definition) is 1. The highest BCUT2D eigenvalue weighted by Gasteiger charge is 2.19. The number of benzene rings is 1. The number of carbonyl (C=O) groups is 1. The molecule has 0 aromatic heterocycles. The van der Waals surface area contributed by atoms with Gasteiger partial charge in [-0.05, 0) is 19.9 Å². The Morgan fingerprint density at radius 2 is 2.00 bits per heavy atom. The quantitative estimate of drug-likeness (QED) is 0.607. The fraction of sp³-hybridized carbons (Fsp3) is 0.300. The van der Waals surface area contributed by atoms with Crippen LogP contribution in [0.25, 0.3) is 0 Å². The summed E-state index contributed by atoms with van der Waals surface area (Å²) in [5, 5.41) is 0. The number of nitrogens with two attached hydrogens (primary N) is 1. The average Bonchev–Trinajstić information content (AvgIpc) is 1.99. The Morgan fingerprint density at radius 1 is 1.40 bits per heavy atom. The normalized spacial score (nSPS) is 10.5. The number of carbonyl (C=O) groups excluding carboxylic acids is 1. The van der Waals surface area contributed by atoms with Gasteiger partial charge in [-0.1, -0.05) is 0 Å². The molecule has 5 heteroatoms. The number of nitrogen functional groups attached to an aromatic ring is 1. The number of ether oxygens (including phenoxy) is 1. The van der Waals surface area contributed by atoms with Crippen molar-refractivity contribution >= 4 is 11.7 Å². The van der Waals surface area contributed by atoms with E-state index in [1.54, 1.807) is 13.8 Å². The lowest BCUT2D eigenvalue weighted by Crippen LogP contribution is -2.15. The Morgan fingerprint density at radius 3 is 2.47 bits per heavy atom. The minimum absolute atomic E-state index is 0.266. The fourth-order valence-corrected chi connectivity index (χ4v) is 1.08. The molecule has 1 rings (SSSR count). The molecule has 0 unspecified atom stereocenters. The molecule has 0 radical (unpaired) electrons. The molecule has 0 atom stereocenters. The first-order valence-electron chi connectivity index (χ1n) is 4.37. The monoisotopic (exact) mass is 215 g/mol. The summed E-state index contributed by atoms with van der Waals surface area (Å²) in [7, 11) is 0. The SMILES string of the molecule is CC(C)OC(=O)c1c(N)cc(F)cc1F. The van der Waals surface area contributed by atoms with Crippen LogP contribution in [0.3, 0.4) is 0 Å². The largest absolute Gasteiger partial charge is 0.459 e. The van der Waals surface area contributed by atoms with Crippen LogP contribution in [0.2, 0.25) is 0 Å². The van der Waals surface area contributed by atoms with Crippen molar-refractivity contribution in [3.05, 3.63) is 29.3 Å². The summed E-state index contributed by atoms with van der Waals surface area (Å²) < 4.78 is 30.6. The summed E-state index contributed by atoms with van der Waals surface area (Å²) in [5.41, 5.74) is 4.63. The molecule has 0 aliphatic heterocycles. The van der Waals surface area contributed by atoms with Gasteiger partial charge in [0.1, 0.15) is 17.2 Å². The van der Waals surface area contributed by atoms with Crippen molar-refractivity contribution < 1.29 is 18.3 Å². The summed E-state index contributed by atoms with van der Waals surface area (Å²) >= 11 is 0. The lowest BCUT2D eigenvalue weighted by Gasteiger charge is -2.10. The lowest BCUT2D eigenvalue weighted by molar-refractivity contribution is 0.0374. The second-order valence-electron chi connectivity index (χ2n) is 3.31. The standard InChI is InChI=1S/C10H11F2NO2/c1-5(2)15-10(14)9-7(12)3-6(11)4-8(9)13/h3-5H,13H2,1-2H3. The molecule has 0 saturated heterocycles. The van der Waals surface area contributed by atoms with Crippen molar-refractivity contribution in [2.24, 2.45) is 0 Å². The molecule has 15 heavy (non-hydrogen) atoms. The van der Waals surface area contributed by atoms with E-state index in [9.17, 15) is 13.6 Å². The molecule has 1 aromatic carbocycles. The Kier molecular flexibility index (Phi) is 3.24. The Hall–Kier alpha value is -1.65. The van der Waals surface area contributed by atoms with Crippen LogP contribution in [0.5, 0.6) is 0 Å². The minimum atomic E-state index is -1.02. The molecule has 1 aromatic rings. The van der Waals surface area contributed by atoms with Gasteiger partial charge in [0, 0.05) is 6.07 Å². The van der Waals surface area contributed by atoms with E-state index < -0.39 is 23.2 Å². The molecule has 0 bridgehead atoms. The summed E-state index contributed by atoms with van der Waals surface area (Å²) in [6.45, 7) is 3.24. The van der Waals surface area contributed by atoms with Gasteiger partial charge in [0.15, 0.2) is 0 Å². The molecule has 0 spiro atoms. The fourth-order valence-electron chi connectivity index (χ4n) is 1.08. The highest BCUT2D eigenvalue weighted by Crippen LogP contribution is 2.19. The minimum Gasteiger partial charge on any atom is -0.459 e. The van der Waals surface area contributed by atoms with Gasteiger partial charge in [0.25, 0.3) is 0 Å². The van der Waals surface area contributed by atoms with E-state index in [1.165, 1.54) is 0 Å². The predicted octanol–water partition coefficient (Wildman–Crippen LogP) is 2.11. The molecule has 0 heterocycles. The second-order valence-corrected chi connectivity index (χ2v) is 3.31. The van der Waals surface area contributed by atoms with Crippen molar-refractivity contribution in [3.63, 3.8) is 0 Å². The summed E-state index contributed by atoms with van der Waals surface area (Å²) in [5.74, 6) is -2.73. The van der Waals surface area contributed by atoms with E-state index in [1.807, 2.05) is 0 Å². The number of hydrogen-bond acceptors (Lipinski definition) is 3. The third kappa shape index (κ3) is 2.65. The zero-order chi connectivity index (χ0) is 11.6. The van der Waals surface area contributed by atoms with Gasteiger partial charge in [0.2, 0.25) is 0 Å². The summed E-state index contributed by atoms with van der Waals surface area (Å²) in [6.07, 6.45) is -0.388. The third-order valence-electron chi connectivity index (χ3n) is 1.63. The Labute approximate surface area is 85.8 Å². The molecule has 0 amide bonds. The van der Waals surface area contributed by atoms with Crippen LogP contribution in [-0.2, 0) is 4.74 Å². The lowest BCUT2D eigenvalue weighted by atomic mass is 10.1. The first kappa shape index (κ1) is 11.4. The molecule has 3 nitrogen and oxygen atoms in total. The van der Waals surface area contributed by atoms with Crippen molar-refractivity contribution in [3.8, 4) is 0 Å². The van der Waals surface area contributed by atoms with Crippen LogP contribution in [0.4, 0.5) is 14.5 Å². The number of rotatable bonds is 2. The van der Waals surface area contributed by atoms with E-state index in [4.69, 9.17) is 10.5 Å².